The Kier molecular flexibility index (Phi) is 9.80. The van der Waals surface area contributed by atoms with Crippen LogP contribution in [0.1, 0.15) is 25.0 Å². The van der Waals surface area contributed by atoms with E-state index < -0.39 is 20.0 Å². The van der Waals surface area contributed by atoms with Crippen molar-refractivity contribution in [3.8, 4) is 5.88 Å². The van der Waals surface area contributed by atoms with E-state index in [1.807, 2.05) is 44.2 Å². The van der Waals surface area contributed by atoms with Crippen molar-refractivity contribution < 1.29 is 21.9 Å². The van der Waals surface area contributed by atoms with E-state index in [1.54, 1.807) is 60.7 Å². The van der Waals surface area contributed by atoms with Crippen molar-refractivity contribution in [2.45, 2.75) is 18.7 Å². The molecule has 0 saturated carbocycles. The number of aromatic nitrogens is 1. The van der Waals surface area contributed by atoms with E-state index in [0.29, 0.717) is 57.9 Å². The zero-order chi connectivity index (χ0) is 32.9. The molecule has 0 spiro atoms. The van der Waals surface area contributed by atoms with E-state index >= 15 is 0 Å². The number of sulfonamides is 2. The van der Waals surface area contributed by atoms with Gasteiger partial charge in [0.1, 0.15) is 0 Å². The fourth-order valence-corrected chi connectivity index (χ4v) is 7.23. The molecule has 10 nitrogen and oxygen atoms in total. The molecule has 4 aromatic carbocycles. The van der Waals surface area contributed by atoms with Crippen molar-refractivity contribution in [1.29, 1.82) is 0 Å². The number of likely N-dealkylation sites (N-methyl/N-ethyl adjacent to an activating group) is 1. The quantitative estimate of drug-likeness (QED) is 0.134. The van der Waals surface area contributed by atoms with Crippen molar-refractivity contribution in [3.63, 3.8) is 0 Å². The number of fused-ring (bicyclic) bond motifs is 1. The standard InChI is InChI=1S/C34H37N5O5S2/c1-4-38(5-2)22-23-39(45(3,41)42)28-18-16-26(17-19-28)35-33(25-12-8-6-9-13-25)32-30-24-29(20-21-31(30)36-34(32)40)46(43,44)37-27-14-10-7-11-15-27/h6-21,24,36-37,40H,4-5,22-23H2,1-3H3. The maximum atomic E-state index is 13.3. The second-order valence-electron chi connectivity index (χ2n) is 10.7. The van der Waals surface area contributed by atoms with Gasteiger partial charge in [-0.1, -0.05) is 62.4 Å². The van der Waals surface area contributed by atoms with Gasteiger partial charge in [-0.25, -0.2) is 21.8 Å². The van der Waals surface area contributed by atoms with Crippen LogP contribution in [-0.2, 0) is 20.0 Å². The minimum atomic E-state index is -3.94. The molecular formula is C34H37N5O5S2. The molecule has 0 aliphatic rings. The molecule has 0 atom stereocenters. The maximum Gasteiger partial charge on any atom is 0.261 e. The van der Waals surface area contributed by atoms with Gasteiger partial charge in [0.25, 0.3) is 10.0 Å². The van der Waals surface area contributed by atoms with Crippen molar-refractivity contribution in [2.75, 3.05) is 41.5 Å². The first-order chi connectivity index (χ1) is 22.0. The summed E-state index contributed by atoms with van der Waals surface area (Å²) in [5, 5.41) is 11.6. The molecule has 3 N–H and O–H groups in total. The summed E-state index contributed by atoms with van der Waals surface area (Å²) < 4.78 is 56.0. The zero-order valence-corrected chi connectivity index (χ0v) is 27.5. The van der Waals surface area contributed by atoms with Crippen LogP contribution in [0.25, 0.3) is 10.9 Å². The smallest absolute Gasteiger partial charge is 0.261 e. The van der Waals surface area contributed by atoms with Gasteiger partial charge < -0.3 is 15.0 Å². The number of aromatic amines is 1. The van der Waals surface area contributed by atoms with Crippen molar-refractivity contribution in [2.24, 2.45) is 4.99 Å². The predicted molar refractivity (Wildman–Crippen MR) is 185 cm³/mol. The van der Waals surface area contributed by atoms with Crippen molar-refractivity contribution in [1.82, 2.24) is 9.88 Å². The summed E-state index contributed by atoms with van der Waals surface area (Å²) in [5.74, 6) is -0.167. The van der Waals surface area contributed by atoms with Gasteiger partial charge in [0.2, 0.25) is 10.0 Å². The lowest BCUT2D eigenvalue weighted by Crippen LogP contribution is -2.38. The zero-order valence-electron chi connectivity index (χ0n) is 25.9. The molecule has 0 unspecified atom stereocenters. The Hall–Kier alpha value is -4.65. The van der Waals surface area contributed by atoms with Crippen LogP contribution in [0.15, 0.2) is 113 Å². The summed E-state index contributed by atoms with van der Waals surface area (Å²) in [6.45, 7) is 6.63. The van der Waals surface area contributed by atoms with E-state index in [9.17, 15) is 21.9 Å². The third kappa shape index (κ3) is 7.41. The minimum Gasteiger partial charge on any atom is -0.494 e. The number of anilines is 2. The van der Waals surface area contributed by atoms with Crippen LogP contribution >= 0.6 is 0 Å². The number of H-pyrrole nitrogens is 1. The average molecular weight is 660 g/mol. The third-order valence-electron chi connectivity index (χ3n) is 7.66. The summed E-state index contributed by atoms with van der Waals surface area (Å²) in [5.41, 5.74) is 3.42. The molecule has 0 amide bonds. The van der Waals surface area contributed by atoms with E-state index in [4.69, 9.17) is 4.99 Å². The Morgan fingerprint density at radius 1 is 0.826 bits per heavy atom. The van der Waals surface area contributed by atoms with Gasteiger partial charge in [-0.3, -0.25) is 9.03 Å². The lowest BCUT2D eigenvalue weighted by molar-refractivity contribution is 0.313. The molecule has 5 aromatic rings. The van der Waals surface area contributed by atoms with E-state index in [1.165, 1.54) is 22.7 Å². The molecule has 240 valence electrons. The summed E-state index contributed by atoms with van der Waals surface area (Å²) in [6.07, 6.45) is 1.19. The van der Waals surface area contributed by atoms with Gasteiger partial charge in [-0.2, -0.15) is 0 Å². The van der Waals surface area contributed by atoms with Crippen LogP contribution in [0.3, 0.4) is 0 Å². The first-order valence-electron chi connectivity index (χ1n) is 14.9. The van der Waals surface area contributed by atoms with Gasteiger partial charge in [-0.15, -0.1) is 0 Å². The number of aliphatic imine (C=N–C) groups is 1. The number of benzene rings is 4. The van der Waals surface area contributed by atoms with Crippen LogP contribution < -0.4 is 9.03 Å². The van der Waals surface area contributed by atoms with Gasteiger partial charge >= 0.3 is 0 Å². The molecule has 0 fully saturated rings. The number of hydrogen-bond acceptors (Lipinski definition) is 7. The fraction of sp³-hybridized carbons (Fsp3) is 0.206. The predicted octanol–water partition coefficient (Wildman–Crippen LogP) is 5.95. The normalized spacial score (nSPS) is 12.5. The van der Waals surface area contributed by atoms with Crippen molar-refractivity contribution in [3.05, 3.63) is 114 Å². The Balaban J connectivity index is 1.56. The molecule has 0 aliphatic carbocycles. The third-order valence-corrected chi connectivity index (χ3v) is 10.2. The first-order valence-corrected chi connectivity index (χ1v) is 18.2. The number of para-hydroxylation sites is 1. The topological polar surface area (TPSA) is 135 Å². The highest BCUT2D eigenvalue weighted by molar-refractivity contribution is 7.92. The SMILES string of the molecule is CCN(CC)CCN(c1ccc(N=C(c2ccccc2)c2c(O)[nH]c3ccc(S(=O)(=O)Nc4ccccc4)cc23)cc1)S(C)(=O)=O. The van der Waals surface area contributed by atoms with Gasteiger partial charge in [-0.05, 0) is 67.7 Å². The molecule has 1 heterocycles. The second-order valence-corrected chi connectivity index (χ2v) is 14.3. The Morgan fingerprint density at radius 3 is 2.07 bits per heavy atom. The van der Waals surface area contributed by atoms with Crippen molar-refractivity contribution >= 4 is 53.7 Å². The molecule has 0 bridgehead atoms. The molecule has 0 radical (unpaired) electrons. The van der Waals surface area contributed by atoms with Crippen LogP contribution in [0.2, 0.25) is 0 Å². The highest BCUT2D eigenvalue weighted by atomic mass is 32.2. The highest BCUT2D eigenvalue weighted by Crippen LogP contribution is 2.34. The van der Waals surface area contributed by atoms with Gasteiger partial charge in [0.15, 0.2) is 5.88 Å². The lowest BCUT2D eigenvalue weighted by Gasteiger charge is -2.26. The first kappa shape index (κ1) is 32.7. The maximum absolute atomic E-state index is 13.3. The van der Waals surface area contributed by atoms with E-state index in [-0.39, 0.29) is 10.8 Å². The molecule has 1 aromatic heterocycles. The molecular weight excluding hydrogens is 623 g/mol. The van der Waals surface area contributed by atoms with Crippen LogP contribution in [0.5, 0.6) is 5.88 Å². The number of aromatic hydroxyl groups is 1. The summed E-state index contributed by atoms with van der Waals surface area (Å²) >= 11 is 0. The molecule has 0 aliphatic heterocycles. The average Bonchev–Trinajstić information content (AvgIpc) is 3.37. The molecule has 0 saturated heterocycles. The Morgan fingerprint density at radius 2 is 1.46 bits per heavy atom. The number of nitrogens with zero attached hydrogens (tertiary/aromatic N) is 3. The fourth-order valence-electron chi connectivity index (χ4n) is 5.23. The minimum absolute atomic E-state index is 0.0199. The van der Waals surface area contributed by atoms with E-state index in [0.717, 1.165) is 13.1 Å². The summed E-state index contributed by atoms with van der Waals surface area (Å²) in [4.78, 5) is 10.0. The number of nitrogens with one attached hydrogen (secondary N) is 2. The summed E-state index contributed by atoms with van der Waals surface area (Å²) in [7, 11) is -7.47. The highest BCUT2D eigenvalue weighted by Gasteiger charge is 2.23. The number of rotatable bonds is 13. The summed E-state index contributed by atoms with van der Waals surface area (Å²) in [6, 6.07) is 29.3. The molecule has 12 heteroatoms. The Bertz CT molecular complexity index is 2040. The van der Waals surface area contributed by atoms with Crippen LogP contribution in [0, 0.1) is 0 Å². The van der Waals surface area contributed by atoms with E-state index in [2.05, 4.69) is 14.6 Å². The van der Waals surface area contributed by atoms with Crippen LogP contribution in [-0.4, -0.2) is 70.0 Å². The molecule has 46 heavy (non-hydrogen) atoms. The van der Waals surface area contributed by atoms with Gasteiger partial charge in [0, 0.05) is 35.2 Å². The largest absolute Gasteiger partial charge is 0.494 e. The van der Waals surface area contributed by atoms with Gasteiger partial charge in [0.05, 0.1) is 33.8 Å². The number of hydrogen-bond donors (Lipinski definition) is 3. The lowest BCUT2D eigenvalue weighted by atomic mass is 10.0. The molecule has 5 rings (SSSR count). The Labute approximate surface area is 270 Å². The van der Waals surface area contributed by atoms with Crippen LogP contribution in [0.4, 0.5) is 17.1 Å². The monoisotopic (exact) mass is 659 g/mol. The second kappa shape index (κ2) is 13.8.